The molecule has 1 N–H and O–H groups in total. The molecule has 0 amide bonds. The van der Waals surface area contributed by atoms with Gasteiger partial charge in [-0.15, -0.1) is 5.10 Å². The van der Waals surface area contributed by atoms with E-state index in [9.17, 15) is 0 Å². The van der Waals surface area contributed by atoms with Crippen molar-refractivity contribution < 1.29 is 4.42 Å². The van der Waals surface area contributed by atoms with E-state index >= 15 is 0 Å². The largest absolute Gasteiger partial charge is 0.461 e. The summed E-state index contributed by atoms with van der Waals surface area (Å²) < 4.78 is 5.31. The average Bonchev–Trinajstić information content (AvgIpc) is 3.24. The number of fused-ring (bicyclic) bond motifs is 1. The normalized spacial score (nSPS) is 11.1. The van der Waals surface area contributed by atoms with Gasteiger partial charge in [-0.25, -0.2) is 0 Å². The number of nitrogens with one attached hydrogen (secondary N) is 1. The van der Waals surface area contributed by atoms with Crippen molar-refractivity contribution in [2.45, 2.75) is 10.9 Å². The fourth-order valence-electron chi connectivity index (χ4n) is 2.40. The van der Waals surface area contributed by atoms with Crippen molar-refractivity contribution in [2.75, 3.05) is 0 Å². The lowest BCUT2D eigenvalue weighted by atomic mass is 10.1. The van der Waals surface area contributed by atoms with Gasteiger partial charge >= 0.3 is 0 Å². The van der Waals surface area contributed by atoms with Crippen molar-refractivity contribution >= 4 is 22.5 Å². The lowest BCUT2D eigenvalue weighted by molar-refractivity contribution is 0.577. The summed E-state index contributed by atoms with van der Waals surface area (Å²) in [6.07, 6.45) is 1.63. The van der Waals surface area contributed by atoms with Gasteiger partial charge in [0, 0.05) is 5.75 Å². The maximum atomic E-state index is 5.31. The highest BCUT2D eigenvalue weighted by atomic mass is 32.2. The number of nitrogens with zero attached hydrogens (tertiary/aromatic N) is 2. The molecule has 2 aromatic heterocycles. The summed E-state index contributed by atoms with van der Waals surface area (Å²) in [6.45, 7) is 0. The van der Waals surface area contributed by atoms with Gasteiger partial charge < -0.3 is 4.42 Å². The van der Waals surface area contributed by atoms with Crippen molar-refractivity contribution in [1.29, 1.82) is 0 Å². The molecular formula is C17H13N3OS. The van der Waals surface area contributed by atoms with E-state index in [0.29, 0.717) is 11.6 Å². The van der Waals surface area contributed by atoms with Crippen LogP contribution >= 0.6 is 11.8 Å². The molecule has 0 aliphatic carbocycles. The lowest BCUT2D eigenvalue weighted by Gasteiger charge is -2.04. The molecule has 2 heterocycles. The number of hydrogen-bond donors (Lipinski definition) is 1. The number of hydrogen-bond acceptors (Lipinski definition) is 4. The van der Waals surface area contributed by atoms with Gasteiger partial charge in [0.05, 0.1) is 6.26 Å². The van der Waals surface area contributed by atoms with Gasteiger partial charge in [-0.05, 0) is 28.5 Å². The molecule has 108 valence electrons. The zero-order valence-corrected chi connectivity index (χ0v) is 12.5. The second-order valence-electron chi connectivity index (χ2n) is 4.87. The summed E-state index contributed by atoms with van der Waals surface area (Å²) in [7, 11) is 0. The molecule has 0 fully saturated rings. The molecular weight excluding hydrogens is 294 g/mol. The smallest absolute Gasteiger partial charge is 0.209 e. The minimum Gasteiger partial charge on any atom is -0.461 e. The van der Waals surface area contributed by atoms with Crippen LogP contribution in [0.25, 0.3) is 22.4 Å². The zero-order chi connectivity index (χ0) is 14.8. The fourth-order valence-corrected chi connectivity index (χ4v) is 3.20. The molecule has 0 bridgehead atoms. The van der Waals surface area contributed by atoms with Crippen LogP contribution in [0.5, 0.6) is 0 Å². The quantitative estimate of drug-likeness (QED) is 0.564. The van der Waals surface area contributed by atoms with Crippen LogP contribution in [0.2, 0.25) is 0 Å². The Morgan fingerprint density at radius 1 is 1.00 bits per heavy atom. The summed E-state index contributed by atoms with van der Waals surface area (Å²) in [6, 6.07) is 18.5. The Morgan fingerprint density at radius 2 is 1.91 bits per heavy atom. The topological polar surface area (TPSA) is 54.7 Å². The molecule has 0 aliphatic heterocycles. The molecule has 22 heavy (non-hydrogen) atoms. The molecule has 0 radical (unpaired) electrons. The van der Waals surface area contributed by atoms with Crippen LogP contribution in [0, 0.1) is 0 Å². The lowest BCUT2D eigenvalue weighted by Crippen LogP contribution is -1.85. The SMILES string of the molecule is c1coc(-c2nc(SCc3cccc4ccccc34)n[nH]2)c1. The maximum Gasteiger partial charge on any atom is 0.209 e. The van der Waals surface area contributed by atoms with Crippen LogP contribution in [0.1, 0.15) is 5.56 Å². The van der Waals surface area contributed by atoms with E-state index in [1.807, 2.05) is 12.1 Å². The highest BCUT2D eigenvalue weighted by molar-refractivity contribution is 7.98. The highest BCUT2D eigenvalue weighted by Gasteiger charge is 2.09. The van der Waals surface area contributed by atoms with Crippen molar-refractivity contribution in [1.82, 2.24) is 15.2 Å². The summed E-state index contributed by atoms with van der Waals surface area (Å²) in [5, 5.41) is 10.4. The first-order valence-corrected chi connectivity index (χ1v) is 7.94. The number of furan rings is 1. The second-order valence-corrected chi connectivity index (χ2v) is 5.81. The summed E-state index contributed by atoms with van der Waals surface area (Å²) in [4.78, 5) is 4.45. The van der Waals surface area contributed by atoms with Crippen molar-refractivity contribution in [3.8, 4) is 11.6 Å². The van der Waals surface area contributed by atoms with E-state index in [1.165, 1.54) is 16.3 Å². The Morgan fingerprint density at radius 3 is 2.82 bits per heavy atom. The van der Waals surface area contributed by atoms with Crippen LogP contribution < -0.4 is 0 Å². The third kappa shape index (κ3) is 2.51. The van der Waals surface area contributed by atoms with E-state index in [4.69, 9.17) is 4.42 Å². The van der Waals surface area contributed by atoms with Crippen molar-refractivity contribution in [3.05, 3.63) is 66.4 Å². The first-order chi connectivity index (χ1) is 10.9. The third-order valence-electron chi connectivity index (χ3n) is 3.46. The third-order valence-corrected chi connectivity index (χ3v) is 4.35. The first kappa shape index (κ1) is 13.2. The standard InChI is InChI=1S/C17H13N3OS/c1-2-8-14-12(5-1)6-3-7-13(14)11-22-17-18-16(19-20-17)15-9-4-10-21-15/h1-10H,11H2,(H,18,19,20). The molecule has 0 aliphatic rings. The molecule has 5 heteroatoms. The monoisotopic (exact) mass is 307 g/mol. The van der Waals surface area contributed by atoms with Crippen molar-refractivity contribution in [3.63, 3.8) is 0 Å². The highest BCUT2D eigenvalue weighted by Crippen LogP contribution is 2.26. The van der Waals surface area contributed by atoms with Crippen LogP contribution in [-0.2, 0) is 5.75 Å². The number of aromatic amines is 1. The number of benzene rings is 2. The van der Waals surface area contributed by atoms with Gasteiger partial charge in [0.25, 0.3) is 0 Å². The minimum absolute atomic E-state index is 0.658. The first-order valence-electron chi connectivity index (χ1n) is 6.96. The molecule has 4 aromatic rings. The Labute approximate surface area is 131 Å². The average molecular weight is 307 g/mol. The molecule has 2 aromatic carbocycles. The maximum absolute atomic E-state index is 5.31. The number of rotatable bonds is 4. The second kappa shape index (κ2) is 5.69. The molecule has 0 spiro atoms. The van der Waals surface area contributed by atoms with Gasteiger partial charge in [0.2, 0.25) is 5.16 Å². The minimum atomic E-state index is 0.658. The van der Waals surface area contributed by atoms with Gasteiger partial charge in [0.15, 0.2) is 11.6 Å². The Bertz CT molecular complexity index is 894. The fraction of sp³-hybridized carbons (Fsp3) is 0.0588. The van der Waals surface area contributed by atoms with Gasteiger partial charge in [-0.3, -0.25) is 5.10 Å². The number of thioether (sulfide) groups is 1. The van der Waals surface area contributed by atoms with Crippen molar-refractivity contribution in [2.24, 2.45) is 0 Å². The molecule has 4 rings (SSSR count). The molecule has 4 nitrogen and oxygen atoms in total. The summed E-state index contributed by atoms with van der Waals surface area (Å²) in [5.41, 5.74) is 1.28. The van der Waals surface area contributed by atoms with Gasteiger partial charge in [-0.2, -0.15) is 4.98 Å². The van der Waals surface area contributed by atoms with Crippen LogP contribution in [0.15, 0.2) is 70.4 Å². The van der Waals surface area contributed by atoms with E-state index in [1.54, 1.807) is 18.0 Å². The number of aromatic nitrogens is 3. The molecule has 0 atom stereocenters. The predicted molar refractivity (Wildman–Crippen MR) is 87.6 cm³/mol. The van der Waals surface area contributed by atoms with E-state index in [-0.39, 0.29) is 0 Å². The molecule has 0 unspecified atom stereocenters. The van der Waals surface area contributed by atoms with Crippen LogP contribution in [0.3, 0.4) is 0 Å². The van der Waals surface area contributed by atoms with E-state index in [0.717, 1.165) is 10.9 Å². The van der Waals surface area contributed by atoms with E-state index < -0.39 is 0 Å². The van der Waals surface area contributed by atoms with E-state index in [2.05, 4.69) is 57.6 Å². The number of H-pyrrole nitrogens is 1. The van der Waals surface area contributed by atoms with Gasteiger partial charge in [-0.1, -0.05) is 54.2 Å². The molecule has 0 saturated carbocycles. The Hall–Kier alpha value is -2.53. The molecule has 0 saturated heterocycles. The summed E-state index contributed by atoms with van der Waals surface area (Å²) in [5.74, 6) is 2.19. The van der Waals surface area contributed by atoms with Gasteiger partial charge in [0.1, 0.15) is 0 Å². The van der Waals surface area contributed by atoms with Crippen LogP contribution in [0.4, 0.5) is 0 Å². The Kier molecular flexibility index (Phi) is 3.40. The summed E-state index contributed by atoms with van der Waals surface area (Å²) >= 11 is 1.61. The zero-order valence-electron chi connectivity index (χ0n) is 11.7. The van der Waals surface area contributed by atoms with Crippen LogP contribution in [-0.4, -0.2) is 15.2 Å². The Balaban J connectivity index is 1.55. The predicted octanol–water partition coefficient (Wildman–Crippen LogP) is 4.51.